The zero-order valence-electron chi connectivity index (χ0n) is 14.1. The van der Waals surface area contributed by atoms with Gasteiger partial charge in [-0.25, -0.2) is 9.48 Å². The number of Topliss-reactive ketones (excluding diaryl/α,β-unsaturated/α-hetero) is 1. The van der Waals surface area contributed by atoms with Crippen LogP contribution in [0.15, 0.2) is 54.0 Å². The molecule has 1 aliphatic rings. The lowest BCUT2D eigenvalue weighted by Crippen LogP contribution is -2.30. The Hall–Kier alpha value is -2.73. The molecule has 3 aromatic rings. The van der Waals surface area contributed by atoms with Crippen LogP contribution in [-0.4, -0.2) is 27.6 Å². The third-order valence-corrected chi connectivity index (χ3v) is 5.33. The first kappa shape index (κ1) is 16.7. The third kappa shape index (κ3) is 3.32. The van der Waals surface area contributed by atoms with E-state index in [0.717, 1.165) is 23.4 Å². The predicted octanol–water partition coefficient (Wildman–Crippen LogP) is 4.27. The summed E-state index contributed by atoms with van der Waals surface area (Å²) in [5.41, 5.74) is 1.82. The number of rotatable bonds is 4. The van der Waals surface area contributed by atoms with Crippen molar-refractivity contribution in [3.63, 3.8) is 0 Å². The first-order chi connectivity index (χ1) is 12.7. The number of carbonyl (C=O) groups excluding carboxylic acids is 2. The number of para-hydroxylation sites is 1. The second-order valence-corrected chi connectivity index (χ2v) is 7.20. The van der Waals surface area contributed by atoms with E-state index in [1.165, 1.54) is 11.3 Å². The van der Waals surface area contributed by atoms with Crippen molar-refractivity contribution in [2.24, 2.45) is 0 Å². The van der Waals surface area contributed by atoms with Gasteiger partial charge in [-0.15, -0.1) is 11.3 Å². The largest absolute Gasteiger partial charge is 0.451 e. The molecular formula is C20H18N2O3S. The summed E-state index contributed by atoms with van der Waals surface area (Å²) in [6, 6.07) is 13.4. The maximum Gasteiger partial charge on any atom is 0.342 e. The molecule has 6 heteroatoms. The van der Waals surface area contributed by atoms with Gasteiger partial charge in [-0.05, 0) is 42.8 Å². The molecule has 1 aliphatic carbocycles. The fourth-order valence-electron chi connectivity index (χ4n) is 3.10. The molecule has 1 aromatic carbocycles. The predicted molar refractivity (Wildman–Crippen MR) is 99.6 cm³/mol. The molecule has 26 heavy (non-hydrogen) atoms. The van der Waals surface area contributed by atoms with Crippen molar-refractivity contribution in [2.45, 2.75) is 31.8 Å². The second-order valence-electron chi connectivity index (χ2n) is 6.25. The topological polar surface area (TPSA) is 61.2 Å². The number of nitrogens with zero attached hydrogens (tertiary/aromatic N) is 2. The van der Waals surface area contributed by atoms with Crippen LogP contribution in [0.4, 0.5) is 0 Å². The standard InChI is InChI=1S/C20H18N2O3S/c23-16-9-4-5-10-17(16)25-20(24)15-13-22(14-7-2-1-3-8-14)21-19(15)18-11-6-12-26-18/h1-3,6-8,11-13,17H,4-5,9-10H2/t17-/m1/s1. The fraction of sp³-hybridized carbons (Fsp3) is 0.250. The van der Waals surface area contributed by atoms with Crippen LogP contribution in [-0.2, 0) is 9.53 Å². The summed E-state index contributed by atoms with van der Waals surface area (Å²) in [7, 11) is 0. The average molecular weight is 366 g/mol. The van der Waals surface area contributed by atoms with E-state index in [1.807, 2.05) is 47.8 Å². The van der Waals surface area contributed by atoms with Crippen molar-refractivity contribution >= 4 is 23.1 Å². The first-order valence-electron chi connectivity index (χ1n) is 8.65. The Bertz CT molecular complexity index is 916. The maximum atomic E-state index is 12.8. The van der Waals surface area contributed by atoms with Gasteiger partial charge < -0.3 is 4.74 Å². The SMILES string of the molecule is O=C(O[C@@H]1CCCCC1=O)c1cn(-c2ccccc2)nc1-c1cccs1. The van der Waals surface area contributed by atoms with Gasteiger partial charge in [0.05, 0.1) is 10.6 Å². The van der Waals surface area contributed by atoms with E-state index < -0.39 is 12.1 Å². The lowest BCUT2D eigenvalue weighted by molar-refractivity contribution is -0.129. The van der Waals surface area contributed by atoms with Crippen molar-refractivity contribution in [1.29, 1.82) is 0 Å². The molecule has 2 aromatic heterocycles. The third-order valence-electron chi connectivity index (χ3n) is 4.46. The molecule has 0 bridgehead atoms. The first-order valence-corrected chi connectivity index (χ1v) is 9.53. The lowest BCUT2D eigenvalue weighted by Gasteiger charge is -2.20. The molecule has 4 rings (SSSR count). The molecule has 0 saturated heterocycles. The Kier molecular flexibility index (Phi) is 4.67. The monoisotopic (exact) mass is 366 g/mol. The summed E-state index contributed by atoms with van der Waals surface area (Å²) in [4.78, 5) is 25.7. The van der Waals surface area contributed by atoms with E-state index in [2.05, 4.69) is 5.10 Å². The summed E-state index contributed by atoms with van der Waals surface area (Å²) in [6.45, 7) is 0. The van der Waals surface area contributed by atoms with Gasteiger partial charge >= 0.3 is 5.97 Å². The van der Waals surface area contributed by atoms with Crippen LogP contribution in [0.5, 0.6) is 0 Å². The Balaban J connectivity index is 1.68. The van der Waals surface area contributed by atoms with Gasteiger partial charge in [-0.1, -0.05) is 24.3 Å². The number of esters is 1. The molecule has 0 spiro atoms. The van der Waals surface area contributed by atoms with E-state index in [9.17, 15) is 9.59 Å². The Morgan fingerprint density at radius 1 is 1.15 bits per heavy atom. The molecule has 0 unspecified atom stereocenters. The Morgan fingerprint density at radius 3 is 2.73 bits per heavy atom. The molecular weight excluding hydrogens is 348 g/mol. The highest BCUT2D eigenvalue weighted by Gasteiger charge is 2.28. The second kappa shape index (κ2) is 7.25. The van der Waals surface area contributed by atoms with Crippen molar-refractivity contribution in [2.75, 3.05) is 0 Å². The maximum absolute atomic E-state index is 12.8. The summed E-state index contributed by atoms with van der Waals surface area (Å²) < 4.78 is 7.22. The van der Waals surface area contributed by atoms with Crippen LogP contribution < -0.4 is 0 Å². The van der Waals surface area contributed by atoms with Crippen LogP contribution in [0.25, 0.3) is 16.3 Å². The number of thiophene rings is 1. The lowest BCUT2D eigenvalue weighted by atomic mass is 9.96. The van der Waals surface area contributed by atoms with Gasteiger partial charge in [0, 0.05) is 12.6 Å². The molecule has 1 saturated carbocycles. The van der Waals surface area contributed by atoms with Crippen molar-refractivity contribution < 1.29 is 14.3 Å². The number of hydrogen-bond acceptors (Lipinski definition) is 5. The number of aromatic nitrogens is 2. The Labute approximate surface area is 155 Å². The highest BCUT2D eigenvalue weighted by molar-refractivity contribution is 7.13. The van der Waals surface area contributed by atoms with Crippen LogP contribution in [0.2, 0.25) is 0 Å². The molecule has 0 amide bonds. The van der Waals surface area contributed by atoms with Crippen molar-refractivity contribution in [3.05, 3.63) is 59.6 Å². The minimum atomic E-state index is -0.632. The van der Waals surface area contributed by atoms with E-state index in [4.69, 9.17) is 4.74 Å². The highest BCUT2D eigenvalue weighted by Crippen LogP contribution is 2.29. The van der Waals surface area contributed by atoms with Crippen molar-refractivity contribution in [3.8, 4) is 16.3 Å². The zero-order chi connectivity index (χ0) is 17.9. The van der Waals surface area contributed by atoms with Gasteiger partial charge in [-0.2, -0.15) is 5.10 Å². The normalized spacial score (nSPS) is 17.2. The van der Waals surface area contributed by atoms with Gasteiger partial charge in [0.1, 0.15) is 11.3 Å². The quantitative estimate of drug-likeness (QED) is 0.647. The molecule has 5 nitrogen and oxygen atoms in total. The summed E-state index contributed by atoms with van der Waals surface area (Å²) in [6.07, 6.45) is 3.92. The van der Waals surface area contributed by atoms with E-state index in [0.29, 0.717) is 24.1 Å². The summed E-state index contributed by atoms with van der Waals surface area (Å²) in [5, 5.41) is 6.54. The molecule has 0 radical (unpaired) electrons. The fourth-order valence-corrected chi connectivity index (χ4v) is 3.82. The van der Waals surface area contributed by atoms with Gasteiger partial charge in [-0.3, -0.25) is 4.79 Å². The number of ether oxygens (including phenoxy) is 1. The zero-order valence-corrected chi connectivity index (χ0v) is 14.9. The van der Waals surface area contributed by atoms with Crippen LogP contribution in [0, 0.1) is 0 Å². The minimum Gasteiger partial charge on any atom is -0.451 e. The molecule has 0 N–H and O–H groups in total. The molecule has 1 fully saturated rings. The van der Waals surface area contributed by atoms with Crippen LogP contribution in [0.3, 0.4) is 0 Å². The van der Waals surface area contributed by atoms with Gasteiger partial charge in [0.2, 0.25) is 0 Å². The summed E-state index contributed by atoms with van der Waals surface area (Å²) >= 11 is 1.51. The number of carbonyl (C=O) groups is 2. The highest BCUT2D eigenvalue weighted by atomic mass is 32.1. The van der Waals surface area contributed by atoms with E-state index in [-0.39, 0.29) is 5.78 Å². The average Bonchev–Trinajstić information content (AvgIpc) is 3.34. The van der Waals surface area contributed by atoms with Gasteiger partial charge in [0.25, 0.3) is 0 Å². The number of ketones is 1. The molecule has 2 heterocycles. The van der Waals surface area contributed by atoms with Crippen LogP contribution >= 0.6 is 11.3 Å². The van der Waals surface area contributed by atoms with E-state index >= 15 is 0 Å². The molecule has 1 atom stereocenters. The minimum absolute atomic E-state index is 0.0118. The molecule has 0 aliphatic heterocycles. The Morgan fingerprint density at radius 2 is 2.00 bits per heavy atom. The summed E-state index contributed by atoms with van der Waals surface area (Å²) in [5.74, 6) is -0.478. The number of benzene rings is 1. The van der Waals surface area contributed by atoms with Crippen LogP contribution in [0.1, 0.15) is 36.0 Å². The van der Waals surface area contributed by atoms with E-state index in [1.54, 1.807) is 10.9 Å². The molecule has 132 valence electrons. The van der Waals surface area contributed by atoms with Crippen molar-refractivity contribution in [1.82, 2.24) is 9.78 Å². The number of hydrogen-bond donors (Lipinski definition) is 0. The van der Waals surface area contributed by atoms with Gasteiger partial charge in [0.15, 0.2) is 11.9 Å². The smallest absolute Gasteiger partial charge is 0.342 e.